The molecule has 0 fully saturated rings. The van der Waals surface area contributed by atoms with E-state index in [2.05, 4.69) is 4.72 Å². The number of nitrogens with one attached hydrogen (secondary N) is 1. The van der Waals surface area contributed by atoms with Crippen LogP contribution in [0.15, 0.2) is 41.3 Å². The number of sulfonamides is 1. The fourth-order valence-corrected chi connectivity index (χ4v) is 3.68. The molecule has 0 spiro atoms. The van der Waals surface area contributed by atoms with Gasteiger partial charge in [-0.1, -0.05) is 29.8 Å². The van der Waals surface area contributed by atoms with Crippen LogP contribution in [0, 0.1) is 13.8 Å². The second-order valence-corrected chi connectivity index (χ2v) is 6.82. The lowest BCUT2D eigenvalue weighted by Gasteiger charge is -2.14. The number of halogens is 1. The van der Waals surface area contributed by atoms with Gasteiger partial charge in [0.05, 0.1) is 10.6 Å². The van der Waals surface area contributed by atoms with Crippen molar-refractivity contribution in [1.82, 2.24) is 0 Å². The van der Waals surface area contributed by atoms with Crippen molar-refractivity contribution in [2.45, 2.75) is 25.3 Å². The van der Waals surface area contributed by atoms with Crippen LogP contribution in [0.3, 0.4) is 0 Å². The fourth-order valence-electron chi connectivity index (χ4n) is 2.09. The molecule has 0 saturated carbocycles. The van der Waals surface area contributed by atoms with E-state index in [0.717, 1.165) is 5.56 Å². The highest BCUT2D eigenvalue weighted by Crippen LogP contribution is 2.27. The Hall–Kier alpha value is -1.56. The lowest BCUT2D eigenvalue weighted by atomic mass is 10.1. The second-order valence-electron chi connectivity index (χ2n) is 4.76. The quantitative estimate of drug-likeness (QED) is 0.907. The summed E-state index contributed by atoms with van der Waals surface area (Å²) in [5, 5.41) is 0.516. The van der Waals surface area contributed by atoms with Gasteiger partial charge in [0.2, 0.25) is 0 Å². The maximum Gasteiger partial charge on any atom is 0.262 e. The minimum atomic E-state index is -3.68. The van der Waals surface area contributed by atoms with E-state index < -0.39 is 10.0 Å². The maximum absolute atomic E-state index is 12.6. The van der Waals surface area contributed by atoms with Crippen LogP contribution in [0.2, 0.25) is 5.02 Å². The lowest BCUT2D eigenvalue weighted by Crippen LogP contribution is -2.16. The van der Waals surface area contributed by atoms with E-state index in [-0.39, 0.29) is 4.90 Å². The highest BCUT2D eigenvalue weighted by Gasteiger charge is 2.19. The van der Waals surface area contributed by atoms with Crippen molar-refractivity contribution < 1.29 is 8.42 Å². The molecule has 0 aliphatic carbocycles. The topological polar surface area (TPSA) is 72.2 Å². The van der Waals surface area contributed by atoms with Crippen molar-refractivity contribution >= 4 is 27.3 Å². The minimum Gasteiger partial charge on any atom is -0.326 e. The predicted octanol–water partition coefficient (Wildman–Crippen LogP) is 3.22. The van der Waals surface area contributed by atoms with Crippen LogP contribution in [-0.2, 0) is 16.6 Å². The lowest BCUT2D eigenvalue weighted by molar-refractivity contribution is 0.600. The number of hydrogen-bond acceptors (Lipinski definition) is 3. The summed E-state index contributed by atoms with van der Waals surface area (Å²) in [7, 11) is -3.68. The molecule has 112 valence electrons. The van der Waals surface area contributed by atoms with E-state index in [1.165, 1.54) is 0 Å². The van der Waals surface area contributed by atoms with E-state index in [0.29, 0.717) is 28.4 Å². The number of nitrogens with two attached hydrogens (primary N) is 1. The van der Waals surface area contributed by atoms with Crippen molar-refractivity contribution in [3.8, 4) is 0 Å². The van der Waals surface area contributed by atoms with Crippen molar-refractivity contribution in [1.29, 1.82) is 0 Å². The van der Waals surface area contributed by atoms with Crippen molar-refractivity contribution in [3.63, 3.8) is 0 Å². The molecule has 0 atom stereocenters. The molecule has 2 rings (SSSR count). The summed E-state index contributed by atoms with van der Waals surface area (Å²) in [6.07, 6.45) is 0. The molecule has 21 heavy (non-hydrogen) atoms. The van der Waals surface area contributed by atoms with Crippen LogP contribution < -0.4 is 10.5 Å². The van der Waals surface area contributed by atoms with Gasteiger partial charge in [-0.05, 0) is 48.7 Å². The van der Waals surface area contributed by atoms with Gasteiger partial charge in [0.1, 0.15) is 0 Å². The summed E-state index contributed by atoms with van der Waals surface area (Å²) in [5.41, 5.74) is 8.25. The first-order valence-electron chi connectivity index (χ1n) is 6.43. The molecule has 6 heteroatoms. The SMILES string of the molecule is Cc1c(Cl)cccc1NS(=O)(=O)c1cccc(CN)c1C. The monoisotopic (exact) mass is 324 g/mol. The molecule has 0 aliphatic heterocycles. The fraction of sp³-hybridized carbons (Fsp3) is 0.200. The van der Waals surface area contributed by atoms with Gasteiger partial charge in [0.25, 0.3) is 10.0 Å². The first kappa shape index (κ1) is 15.8. The predicted molar refractivity (Wildman–Crippen MR) is 86.1 cm³/mol. The van der Waals surface area contributed by atoms with Gasteiger partial charge >= 0.3 is 0 Å². The van der Waals surface area contributed by atoms with Crippen LogP contribution in [0.1, 0.15) is 16.7 Å². The molecule has 2 aromatic carbocycles. The van der Waals surface area contributed by atoms with Gasteiger partial charge < -0.3 is 5.73 Å². The first-order chi connectivity index (χ1) is 9.86. The summed E-state index contributed by atoms with van der Waals surface area (Å²) in [5.74, 6) is 0. The van der Waals surface area contributed by atoms with E-state index >= 15 is 0 Å². The summed E-state index contributed by atoms with van der Waals surface area (Å²) < 4.78 is 27.7. The van der Waals surface area contributed by atoms with E-state index in [1.54, 1.807) is 44.2 Å². The van der Waals surface area contributed by atoms with Crippen LogP contribution in [-0.4, -0.2) is 8.42 Å². The van der Waals surface area contributed by atoms with Crippen molar-refractivity contribution in [3.05, 3.63) is 58.1 Å². The molecular formula is C15H17ClN2O2S. The van der Waals surface area contributed by atoms with Gasteiger partial charge in [-0.2, -0.15) is 0 Å². The Morgan fingerprint density at radius 3 is 2.43 bits per heavy atom. The molecule has 0 radical (unpaired) electrons. The van der Waals surface area contributed by atoms with E-state index in [9.17, 15) is 8.42 Å². The Kier molecular flexibility index (Phi) is 4.56. The van der Waals surface area contributed by atoms with Gasteiger partial charge in [0.15, 0.2) is 0 Å². The molecule has 0 bridgehead atoms. The molecule has 4 nitrogen and oxygen atoms in total. The van der Waals surface area contributed by atoms with Crippen LogP contribution in [0.4, 0.5) is 5.69 Å². The molecule has 0 saturated heterocycles. The normalized spacial score (nSPS) is 11.4. The zero-order valence-corrected chi connectivity index (χ0v) is 13.4. The summed E-state index contributed by atoms with van der Waals surface area (Å²) in [4.78, 5) is 0.227. The van der Waals surface area contributed by atoms with Crippen LogP contribution in [0.25, 0.3) is 0 Å². The highest BCUT2D eigenvalue weighted by molar-refractivity contribution is 7.92. The summed E-state index contributed by atoms with van der Waals surface area (Å²) in [6.45, 7) is 3.82. The van der Waals surface area contributed by atoms with Gasteiger partial charge in [-0.25, -0.2) is 8.42 Å². The zero-order valence-electron chi connectivity index (χ0n) is 11.9. The molecule has 3 N–H and O–H groups in total. The molecular weight excluding hydrogens is 308 g/mol. The number of rotatable bonds is 4. The Labute approximate surface area is 130 Å². The average molecular weight is 325 g/mol. The molecule has 0 aliphatic rings. The molecule has 0 aromatic heterocycles. The summed E-state index contributed by atoms with van der Waals surface area (Å²) >= 11 is 6.02. The molecule has 0 unspecified atom stereocenters. The molecule has 2 aromatic rings. The maximum atomic E-state index is 12.6. The molecule has 0 heterocycles. The summed E-state index contributed by atoms with van der Waals surface area (Å²) in [6, 6.07) is 10.2. The highest BCUT2D eigenvalue weighted by atomic mass is 35.5. The molecule has 0 amide bonds. The van der Waals surface area contributed by atoms with E-state index in [1.807, 2.05) is 6.07 Å². The second kappa shape index (κ2) is 6.05. The third-order valence-electron chi connectivity index (χ3n) is 3.42. The number of anilines is 1. The van der Waals surface area contributed by atoms with Crippen molar-refractivity contribution in [2.75, 3.05) is 4.72 Å². The van der Waals surface area contributed by atoms with E-state index in [4.69, 9.17) is 17.3 Å². The smallest absolute Gasteiger partial charge is 0.262 e. The Morgan fingerprint density at radius 1 is 1.10 bits per heavy atom. The average Bonchev–Trinajstić information content (AvgIpc) is 2.44. The van der Waals surface area contributed by atoms with Gasteiger partial charge in [-0.3, -0.25) is 4.72 Å². The largest absolute Gasteiger partial charge is 0.326 e. The number of hydrogen-bond donors (Lipinski definition) is 2. The zero-order chi connectivity index (χ0) is 15.6. The third-order valence-corrected chi connectivity index (χ3v) is 5.34. The third kappa shape index (κ3) is 3.20. The van der Waals surface area contributed by atoms with Gasteiger partial charge in [0, 0.05) is 11.6 Å². The van der Waals surface area contributed by atoms with Crippen LogP contribution >= 0.6 is 11.6 Å². The Balaban J connectivity index is 2.46. The Morgan fingerprint density at radius 2 is 1.76 bits per heavy atom. The van der Waals surface area contributed by atoms with Gasteiger partial charge in [-0.15, -0.1) is 0 Å². The minimum absolute atomic E-state index is 0.227. The van der Waals surface area contributed by atoms with Crippen LogP contribution in [0.5, 0.6) is 0 Å². The first-order valence-corrected chi connectivity index (χ1v) is 8.29. The Bertz CT molecular complexity index is 773. The number of benzene rings is 2. The van der Waals surface area contributed by atoms with Crippen molar-refractivity contribution in [2.24, 2.45) is 5.73 Å². The standard InChI is InChI=1S/C15H17ClN2O2S/c1-10-12(9-17)5-3-8-15(10)21(19,20)18-14-7-4-6-13(16)11(14)2/h3-8,18H,9,17H2,1-2H3.